The Kier molecular flexibility index (Phi) is 6.55. The van der Waals surface area contributed by atoms with Crippen LogP contribution in [0.15, 0.2) is 0 Å². The first kappa shape index (κ1) is 15.3. The molecule has 1 amide bonds. The lowest BCUT2D eigenvalue weighted by Crippen LogP contribution is -2.53. The molecule has 0 fully saturated rings. The second-order valence-corrected chi connectivity index (χ2v) is 4.52. The highest BCUT2D eigenvalue weighted by Crippen LogP contribution is 2.08. The summed E-state index contributed by atoms with van der Waals surface area (Å²) < 4.78 is 4.69. The lowest BCUT2D eigenvalue weighted by Gasteiger charge is -2.30. The standard InChI is InChI=1S/C11H24N2O3/c1-7(2)9(12-11(15)16-6)10(14)13(5)8(3)4/h7-9,11-12,15H,1-6H3. The van der Waals surface area contributed by atoms with Gasteiger partial charge in [-0.3, -0.25) is 10.1 Å². The fourth-order valence-electron chi connectivity index (χ4n) is 1.24. The van der Waals surface area contributed by atoms with Gasteiger partial charge in [-0.15, -0.1) is 0 Å². The lowest BCUT2D eigenvalue weighted by atomic mass is 10.0. The summed E-state index contributed by atoms with van der Waals surface area (Å²) in [7, 11) is 3.13. The highest BCUT2D eigenvalue weighted by molar-refractivity contribution is 5.82. The van der Waals surface area contributed by atoms with E-state index in [0.717, 1.165) is 0 Å². The molecule has 0 aromatic rings. The molecular weight excluding hydrogens is 208 g/mol. The number of carbonyl (C=O) groups excluding carboxylic acids is 1. The molecule has 0 aliphatic rings. The normalized spacial score (nSPS) is 15.3. The lowest BCUT2D eigenvalue weighted by molar-refractivity contribution is -0.144. The molecule has 0 aromatic heterocycles. The van der Waals surface area contributed by atoms with Crippen LogP contribution in [0.1, 0.15) is 27.7 Å². The zero-order valence-electron chi connectivity index (χ0n) is 11.0. The van der Waals surface area contributed by atoms with Crippen molar-refractivity contribution in [2.45, 2.75) is 46.2 Å². The highest BCUT2D eigenvalue weighted by Gasteiger charge is 2.27. The van der Waals surface area contributed by atoms with Gasteiger partial charge in [0.05, 0.1) is 6.04 Å². The largest absolute Gasteiger partial charge is 0.356 e. The number of likely N-dealkylation sites (N-methyl/N-ethyl adjacent to an activating group) is 1. The van der Waals surface area contributed by atoms with Crippen LogP contribution in [0, 0.1) is 5.92 Å². The molecule has 0 rings (SSSR count). The fraction of sp³-hybridized carbons (Fsp3) is 0.909. The van der Waals surface area contributed by atoms with Gasteiger partial charge in [-0.05, 0) is 19.8 Å². The third kappa shape index (κ3) is 4.47. The smallest absolute Gasteiger partial charge is 0.240 e. The maximum absolute atomic E-state index is 12.1. The van der Waals surface area contributed by atoms with E-state index in [1.165, 1.54) is 7.11 Å². The van der Waals surface area contributed by atoms with E-state index in [4.69, 9.17) is 4.74 Å². The maximum Gasteiger partial charge on any atom is 0.240 e. The third-order valence-electron chi connectivity index (χ3n) is 2.60. The average Bonchev–Trinajstić information content (AvgIpc) is 2.22. The van der Waals surface area contributed by atoms with Crippen LogP contribution in [0.3, 0.4) is 0 Å². The predicted octanol–water partition coefficient (Wildman–Crippen LogP) is 0.390. The molecule has 0 saturated heterocycles. The van der Waals surface area contributed by atoms with E-state index in [2.05, 4.69) is 5.32 Å². The second kappa shape index (κ2) is 6.83. The minimum Gasteiger partial charge on any atom is -0.356 e. The van der Waals surface area contributed by atoms with E-state index >= 15 is 0 Å². The second-order valence-electron chi connectivity index (χ2n) is 4.52. The van der Waals surface area contributed by atoms with Gasteiger partial charge in [0.1, 0.15) is 0 Å². The van der Waals surface area contributed by atoms with E-state index in [1.807, 2.05) is 27.7 Å². The van der Waals surface area contributed by atoms with E-state index < -0.39 is 12.5 Å². The van der Waals surface area contributed by atoms with Gasteiger partial charge in [-0.1, -0.05) is 13.8 Å². The summed E-state index contributed by atoms with van der Waals surface area (Å²) in [6.07, 6.45) is -1.11. The number of hydrogen-bond donors (Lipinski definition) is 2. The first-order valence-electron chi connectivity index (χ1n) is 5.54. The molecular formula is C11H24N2O3. The minimum absolute atomic E-state index is 0.0406. The number of aliphatic hydroxyl groups is 1. The van der Waals surface area contributed by atoms with Gasteiger partial charge in [-0.25, -0.2) is 0 Å². The van der Waals surface area contributed by atoms with Gasteiger partial charge in [0.2, 0.25) is 12.3 Å². The van der Waals surface area contributed by atoms with Crippen molar-refractivity contribution in [1.82, 2.24) is 10.2 Å². The molecule has 16 heavy (non-hydrogen) atoms. The molecule has 2 unspecified atom stereocenters. The van der Waals surface area contributed by atoms with E-state index in [1.54, 1.807) is 11.9 Å². The van der Waals surface area contributed by atoms with Crippen molar-refractivity contribution in [2.75, 3.05) is 14.2 Å². The van der Waals surface area contributed by atoms with Gasteiger partial charge in [0.15, 0.2) is 0 Å². The summed E-state index contributed by atoms with van der Waals surface area (Å²) in [5.74, 6) is 0.0413. The Hall–Kier alpha value is -0.650. The number of hydrogen-bond acceptors (Lipinski definition) is 4. The highest BCUT2D eigenvalue weighted by atomic mass is 16.6. The van der Waals surface area contributed by atoms with Crippen LogP contribution in [0.2, 0.25) is 0 Å². The SMILES string of the molecule is COC(O)NC(C(=O)N(C)C(C)C)C(C)C. The Morgan fingerprint density at radius 2 is 1.81 bits per heavy atom. The summed E-state index contributed by atoms with van der Waals surface area (Å²) in [6.45, 7) is 7.74. The molecule has 5 nitrogen and oxygen atoms in total. The van der Waals surface area contributed by atoms with Crippen molar-refractivity contribution >= 4 is 5.91 Å². The monoisotopic (exact) mass is 232 g/mol. The van der Waals surface area contributed by atoms with Gasteiger partial charge in [0, 0.05) is 20.2 Å². The molecule has 0 aliphatic carbocycles. The Morgan fingerprint density at radius 1 is 1.31 bits per heavy atom. The van der Waals surface area contributed by atoms with Gasteiger partial charge < -0.3 is 14.7 Å². The Morgan fingerprint density at radius 3 is 2.12 bits per heavy atom. The quantitative estimate of drug-likeness (QED) is 0.650. The zero-order valence-corrected chi connectivity index (χ0v) is 11.0. The molecule has 2 N–H and O–H groups in total. The third-order valence-corrected chi connectivity index (χ3v) is 2.60. The van der Waals surface area contributed by atoms with Crippen molar-refractivity contribution in [2.24, 2.45) is 5.92 Å². The summed E-state index contributed by atoms with van der Waals surface area (Å²) in [5.41, 5.74) is 0. The average molecular weight is 232 g/mol. The van der Waals surface area contributed by atoms with Crippen molar-refractivity contribution in [3.8, 4) is 0 Å². The molecule has 0 saturated carbocycles. The van der Waals surface area contributed by atoms with Gasteiger partial charge in [0.25, 0.3) is 0 Å². The Balaban J connectivity index is 4.59. The van der Waals surface area contributed by atoms with Crippen molar-refractivity contribution in [1.29, 1.82) is 0 Å². The fourth-order valence-corrected chi connectivity index (χ4v) is 1.24. The van der Waals surface area contributed by atoms with Crippen molar-refractivity contribution in [3.63, 3.8) is 0 Å². The number of carbonyl (C=O) groups is 1. The Bertz CT molecular complexity index is 219. The molecule has 96 valence electrons. The van der Waals surface area contributed by atoms with Gasteiger partial charge in [-0.2, -0.15) is 0 Å². The van der Waals surface area contributed by atoms with E-state index in [-0.39, 0.29) is 17.9 Å². The number of nitrogens with one attached hydrogen (secondary N) is 1. The minimum atomic E-state index is -1.11. The summed E-state index contributed by atoms with van der Waals surface area (Å²) in [6, 6.07) is -0.308. The Labute approximate surface area is 97.8 Å². The number of nitrogens with zero attached hydrogens (tertiary/aromatic N) is 1. The summed E-state index contributed by atoms with van der Waals surface area (Å²) in [5, 5.41) is 12.1. The first-order chi connectivity index (χ1) is 7.31. The zero-order chi connectivity index (χ0) is 12.9. The number of amides is 1. The van der Waals surface area contributed by atoms with Crippen LogP contribution in [0.25, 0.3) is 0 Å². The number of ether oxygens (including phenoxy) is 1. The molecule has 0 aliphatic heterocycles. The maximum atomic E-state index is 12.1. The molecule has 0 radical (unpaired) electrons. The van der Waals surface area contributed by atoms with Gasteiger partial charge >= 0.3 is 0 Å². The van der Waals surface area contributed by atoms with Crippen LogP contribution in [-0.2, 0) is 9.53 Å². The summed E-state index contributed by atoms with van der Waals surface area (Å²) in [4.78, 5) is 13.7. The molecule has 0 spiro atoms. The van der Waals surface area contributed by atoms with E-state index in [0.29, 0.717) is 0 Å². The van der Waals surface area contributed by atoms with Crippen molar-refractivity contribution in [3.05, 3.63) is 0 Å². The molecule has 0 bridgehead atoms. The van der Waals surface area contributed by atoms with Crippen LogP contribution >= 0.6 is 0 Å². The first-order valence-corrected chi connectivity index (χ1v) is 5.54. The van der Waals surface area contributed by atoms with Crippen LogP contribution < -0.4 is 5.32 Å². The van der Waals surface area contributed by atoms with Crippen LogP contribution in [0.4, 0.5) is 0 Å². The topological polar surface area (TPSA) is 61.8 Å². The summed E-state index contributed by atoms with van der Waals surface area (Å²) >= 11 is 0. The van der Waals surface area contributed by atoms with E-state index in [9.17, 15) is 9.90 Å². The van der Waals surface area contributed by atoms with Crippen LogP contribution in [0.5, 0.6) is 0 Å². The predicted molar refractivity (Wildman–Crippen MR) is 62.7 cm³/mol. The molecule has 0 aromatic carbocycles. The number of aliphatic hydroxyl groups excluding tert-OH is 1. The number of methoxy groups -OCH3 is 1. The molecule has 2 atom stereocenters. The molecule has 5 heteroatoms. The number of rotatable bonds is 6. The van der Waals surface area contributed by atoms with Crippen molar-refractivity contribution < 1.29 is 14.6 Å². The molecule has 0 heterocycles. The van der Waals surface area contributed by atoms with Crippen LogP contribution in [-0.4, -0.2) is 48.6 Å².